The second-order valence-corrected chi connectivity index (χ2v) is 12.1. The molecule has 50 heavy (non-hydrogen) atoms. The van der Waals surface area contributed by atoms with Gasteiger partial charge in [-0.05, 0) is 32.4 Å². The lowest BCUT2D eigenvalue weighted by molar-refractivity contribution is -0.387. The molecule has 1 aromatic carbocycles. The highest BCUT2D eigenvalue weighted by atomic mass is 16.7. The van der Waals surface area contributed by atoms with Gasteiger partial charge in [-0.25, -0.2) is 9.59 Å². The van der Waals surface area contributed by atoms with Crippen LogP contribution >= 0.6 is 0 Å². The lowest BCUT2D eigenvalue weighted by Crippen LogP contribution is -2.63. The summed E-state index contributed by atoms with van der Waals surface area (Å²) < 4.78 is 43.2. The van der Waals surface area contributed by atoms with Gasteiger partial charge in [0.25, 0.3) is 0 Å². The Balaban J connectivity index is 2.28. The minimum atomic E-state index is -1.72. The molecule has 19 nitrogen and oxygen atoms in total. The van der Waals surface area contributed by atoms with Crippen molar-refractivity contribution >= 4 is 41.8 Å². The molecule has 1 saturated heterocycles. The Morgan fingerprint density at radius 3 is 1.86 bits per heavy atom. The first-order chi connectivity index (χ1) is 23.2. The van der Waals surface area contributed by atoms with Gasteiger partial charge in [-0.2, -0.15) is 0 Å². The fourth-order valence-corrected chi connectivity index (χ4v) is 4.38. The van der Waals surface area contributed by atoms with E-state index in [0.29, 0.717) is 0 Å². The number of ether oxygens (including phenoxy) is 8. The topological polar surface area (TPSA) is 226 Å². The molecule has 2 rings (SSSR count). The first-order valence-electron chi connectivity index (χ1n) is 15.2. The number of hydrogen-bond acceptors (Lipinski definition) is 16. The molecule has 0 spiro atoms. The Bertz CT molecular complexity index is 1430. The molecule has 278 valence electrons. The van der Waals surface area contributed by atoms with E-state index in [-0.39, 0.29) is 25.3 Å². The monoisotopic (exact) mass is 713 g/mol. The molecule has 0 saturated carbocycles. The lowest BCUT2D eigenvalue weighted by Gasteiger charge is -2.43. The van der Waals surface area contributed by atoms with Gasteiger partial charge < -0.3 is 47.7 Å². The van der Waals surface area contributed by atoms with Crippen LogP contribution in [0.5, 0.6) is 5.75 Å². The van der Waals surface area contributed by atoms with Gasteiger partial charge in [-0.1, -0.05) is 6.07 Å². The van der Waals surface area contributed by atoms with Crippen LogP contribution < -0.4 is 4.74 Å². The molecule has 0 aliphatic carbocycles. The molecule has 0 unspecified atom stereocenters. The summed E-state index contributed by atoms with van der Waals surface area (Å²) in [5, 5.41) is 12.1. The van der Waals surface area contributed by atoms with Crippen LogP contribution in [0.4, 0.5) is 15.3 Å². The Hall–Kier alpha value is -5.20. The van der Waals surface area contributed by atoms with Crippen LogP contribution in [0.15, 0.2) is 18.2 Å². The highest BCUT2D eigenvalue weighted by Crippen LogP contribution is 2.35. The third kappa shape index (κ3) is 13.0. The summed E-state index contributed by atoms with van der Waals surface area (Å²) >= 11 is 0. The largest absolute Gasteiger partial charge is 0.463 e. The Labute approximate surface area is 288 Å². The molecule has 0 N–H and O–H groups in total. The van der Waals surface area contributed by atoms with Crippen molar-refractivity contribution in [3.8, 4) is 5.75 Å². The van der Waals surface area contributed by atoms with Gasteiger partial charge in [0.1, 0.15) is 24.9 Å². The van der Waals surface area contributed by atoms with Crippen LogP contribution in [-0.2, 0) is 58.9 Å². The van der Waals surface area contributed by atoms with E-state index >= 15 is 0 Å². The molecular formula is C31H43N3O16. The fraction of sp³-hybridized carbons (Fsp3) is 0.613. The quantitative estimate of drug-likeness (QED) is 0.124. The molecule has 1 aliphatic rings. The van der Waals surface area contributed by atoms with Crippen molar-refractivity contribution in [3.05, 3.63) is 33.9 Å². The number of hydrogen-bond donors (Lipinski definition) is 0. The first-order valence-corrected chi connectivity index (χ1v) is 15.2. The minimum absolute atomic E-state index is 0.0947. The number of amides is 2. The molecule has 5 atom stereocenters. The van der Waals surface area contributed by atoms with Crippen LogP contribution in [0.1, 0.15) is 54.0 Å². The lowest BCUT2D eigenvalue weighted by atomic mass is 9.98. The molecule has 1 aliphatic heterocycles. The summed E-state index contributed by atoms with van der Waals surface area (Å²) in [7, 11) is 2.95. The van der Waals surface area contributed by atoms with E-state index in [1.165, 1.54) is 36.0 Å². The Morgan fingerprint density at radius 2 is 1.34 bits per heavy atom. The molecule has 2 amide bonds. The summed E-state index contributed by atoms with van der Waals surface area (Å²) in [5.41, 5.74) is -1.11. The van der Waals surface area contributed by atoms with Gasteiger partial charge in [0.2, 0.25) is 12.4 Å². The van der Waals surface area contributed by atoms with Crippen molar-refractivity contribution in [1.29, 1.82) is 0 Å². The molecule has 19 heteroatoms. The second kappa shape index (κ2) is 18.0. The van der Waals surface area contributed by atoms with Gasteiger partial charge in [-0.3, -0.25) is 29.3 Å². The first kappa shape index (κ1) is 41.0. The summed E-state index contributed by atoms with van der Waals surface area (Å²) in [6, 6.07) is 3.61. The van der Waals surface area contributed by atoms with Crippen molar-refractivity contribution in [2.45, 2.75) is 91.4 Å². The average Bonchev–Trinajstić information content (AvgIpc) is 2.99. The maximum Gasteiger partial charge on any atom is 0.410 e. The van der Waals surface area contributed by atoms with E-state index in [0.717, 1.165) is 33.8 Å². The fourth-order valence-electron chi connectivity index (χ4n) is 4.38. The zero-order valence-electron chi connectivity index (χ0n) is 29.3. The Kier molecular flexibility index (Phi) is 14.7. The van der Waals surface area contributed by atoms with Crippen molar-refractivity contribution in [2.75, 3.05) is 33.8 Å². The molecular weight excluding hydrogens is 670 g/mol. The highest BCUT2D eigenvalue weighted by molar-refractivity contribution is 5.70. The number of nitrogens with zero attached hydrogens (tertiary/aromatic N) is 3. The predicted molar refractivity (Wildman–Crippen MR) is 167 cm³/mol. The smallest absolute Gasteiger partial charge is 0.410 e. The Morgan fingerprint density at radius 1 is 0.800 bits per heavy atom. The zero-order valence-corrected chi connectivity index (χ0v) is 29.3. The SMILES string of the molecule is CC(=O)OC[C@H]1O[C@@H](Oc2ccc(COC(=O)N(C)CCN(C)C(=O)OC(C)(C)C)cc2[N+](=O)[O-])[C@H](OC(C)=O)[C@@H](OC(C)=O)[C@H]1OC(C)=O. The van der Waals surface area contributed by atoms with E-state index in [1.54, 1.807) is 20.8 Å². The molecule has 0 aromatic heterocycles. The van der Waals surface area contributed by atoms with Crippen LogP contribution in [0.25, 0.3) is 0 Å². The van der Waals surface area contributed by atoms with Crippen molar-refractivity contribution in [2.24, 2.45) is 0 Å². The van der Waals surface area contributed by atoms with E-state index in [2.05, 4.69) is 0 Å². The minimum Gasteiger partial charge on any atom is -0.463 e. The number of esters is 4. The van der Waals surface area contributed by atoms with Crippen LogP contribution in [0, 0.1) is 10.1 Å². The highest BCUT2D eigenvalue weighted by Gasteiger charge is 2.53. The standard InChI is InChI=1S/C31H43N3O16/c1-17(35)43-16-24-25(45-18(2)36)26(46-19(3)37)27(47-20(4)38)28(49-24)48-23-11-10-21(14-22(23)34(41)42)15-44-29(39)32(8)12-13-33(9)30(40)50-31(5,6)7/h10-11,14,24-28H,12-13,15-16H2,1-9H3/t24-,25+,26+,27-,28-/m1/s1. The number of rotatable bonds is 13. The van der Waals surface area contributed by atoms with Crippen molar-refractivity contribution in [1.82, 2.24) is 9.80 Å². The third-order valence-electron chi connectivity index (χ3n) is 6.56. The maximum absolute atomic E-state index is 12.6. The summed E-state index contributed by atoms with van der Waals surface area (Å²) in [6.45, 7) is 8.72. The zero-order chi connectivity index (χ0) is 37.9. The van der Waals surface area contributed by atoms with Gasteiger partial charge in [0.15, 0.2) is 18.0 Å². The van der Waals surface area contributed by atoms with E-state index < -0.39 is 95.3 Å². The summed E-state index contributed by atoms with van der Waals surface area (Å²) in [4.78, 5) is 86.2. The van der Waals surface area contributed by atoms with Crippen LogP contribution in [0.3, 0.4) is 0 Å². The average molecular weight is 714 g/mol. The molecule has 1 fully saturated rings. The molecule has 1 heterocycles. The second-order valence-electron chi connectivity index (χ2n) is 12.1. The molecule has 1 aromatic rings. The predicted octanol–water partition coefficient (Wildman–Crippen LogP) is 2.49. The molecule has 0 radical (unpaired) electrons. The van der Waals surface area contributed by atoms with Gasteiger partial charge in [0.05, 0.1) is 4.92 Å². The van der Waals surface area contributed by atoms with E-state index in [4.69, 9.17) is 37.9 Å². The van der Waals surface area contributed by atoms with Gasteiger partial charge >= 0.3 is 41.8 Å². The van der Waals surface area contributed by atoms with Crippen LogP contribution in [0.2, 0.25) is 0 Å². The number of likely N-dealkylation sites (N-methyl/N-ethyl adjacent to an activating group) is 2. The van der Waals surface area contributed by atoms with E-state index in [9.17, 15) is 38.9 Å². The maximum atomic E-state index is 12.6. The van der Waals surface area contributed by atoms with E-state index in [1.807, 2.05) is 0 Å². The number of nitro benzene ring substituents is 1. The molecule has 0 bridgehead atoms. The van der Waals surface area contributed by atoms with Crippen molar-refractivity contribution < 1.29 is 71.6 Å². The van der Waals surface area contributed by atoms with Crippen molar-refractivity contribution in [3.63, 3.8) is 0 Å². The third-order valence-corrected chi connectivity index (χ3v) is 6.56. The number of carbonyl (C=O) groups is 6. The number of nitro groups is 1. The summed E-state index contributed by atoms with van der Waals surface area (Å²) in [5.74, 6) is -3.73. The van der Waals surface area contributed by atoms with Gasteiger partial charge in [-0.15, -0.1) is 0 Å². The normalized spacial score (nSPS) is 20.0. The van der Waals surface area contributed by atoms with Gasteiger partial charge in [0, 0.05) is 60.9 Å². The number of benzene rings is 1. The number of carbonyl (C=O) groups excluding carboxylic acids is 6. The van der Waals surface area contributed by atoms with Crippen LogP contribution in [-0.4, -0.2) is 121 Å². The summed E-state index contributed by atoms with van der Waals surface area (Å²) in [6.07, 6.45) is -9.05.